The van der Waals surface area contributed by atoms with Gasteiger partial charge in [-0.25, -0.2) is 9.97 Å². The lowest BCUT2D eigenvalue weighted by Crippen LogP contribution is -2.13. The molecular formula is C16H16N4OS2. The van der Waals surface area contributed by atoms with Gasteiger partial charge >= 0.3 is 0 Å². The van der Waals surface area contributed by atoms with E-state index in [-0.39, 0.29) is 5.91 Å². The lowest BCUT2D eigenvalue weighted by Gasteiger charge is -2.05. The van der Waals surface area contributed by atoms with Crippen LogP contribution in [0.5, 0.6) is 0 Å². The molecule has 7 heteroatoms. The Morgan fingerprint density at radius 1 is 1.35 bits per heavy atom. The summed E-state index contributed by atoms with van der Waals surface area (Å²) in [5.41, 5.74) is 3.67. The smallest absolute Gasteiger partial charge is 0.259 e. The first-order chi connectivity index (χ1) is 11.1. The molecule has 0 aromatic carbocycles. The molecule has 5 nitrogen and oxygen atoms in total. The summed E-state index contributed by atoms with van der Waals surface area (Å²) in [4.78, 5) is 21.4. The summed E-state index contributed by atoms with van der Waals surface area (Å²) in [6, 6.07) is 1.90. The van der Waals surface area contributed by atoms with Crippen molar-refractivity contribution in [2.45, 2.75) is 32.6 Å². The molecule has 0 spiro atoms. The normalized spacial score (nSPS) is 14.2. The fraction of sp³-hybridized carbons (Fsp3) is 0.312. The number of rotatable bonds is 4. The van der Waals surface area contributed by atoms with Crippen molar-refractivity contribution in [3.8, 4) is 5.13 Å². The van der Waals surface area contributed by atoms with Crippen LogP contribution in [-0.4, -0.2) is 20.4 Å². The quantitative estimate of drug-likeness (QED) is 0.774. The predicted molar refractivity (Wildman–Crippen MR) is 93.0 cm³/mol. The van der Waals surface area contributed by atoms with E-state index in [1.807, 2.05) is 35.2 Å². The zero-order valence-corrected chi connectivity index (χ0v) is 14.5. The molecule has 1 saturated carbocycles. The fourth-order valence-corrected chi connectivity index (χ4v) is 4.23. The van der Waals surface area contributed by atoms with Crippen molar-refractivity contribution in [3.63, 3.8) is 0 Å². The maximum absolute atomic E-state index is 12.6. The third kappa shape index (κ3) is 2.70. The van der Waals surface area contributed by atoms with Gasteiger partial charge < -0.3 is 0 Å². The number of carbonyl (C=O) groups is 1. The second-order valence-electron chi connectivity index (χ2n) is 5.74. The Morgan fingerprint density at radius 3 is 2.87 bits per heavy atom. The number of hydrogen-bond acceptors (Lipinski definition) is 5. The van der Waals surface area contributed by atoms with Gasteiger partial charge in [0.2, 0.25) is 0 Å². The first-order valence-electron chi connectivity index (χ1n) is 7.49. The summed E-state index contributed by atoms with van der Waals surface area (Å²) >= 11 is 3.05. The zero-order valence-electron chi connectivity index (χ0n) is 12.9. The highest BCUT2D eigenvalue weighted by Crippen LogP contribution is 2.41. The van der Waals surface area contributed by atoms with Crippen LogP contribution < -0.4 is 5.32 Å². The van der Waals surface area contributed by atoms with E-state index in [1.54, 1.807) is 17.5 Å². The van der Waals surface area contributed by atoms with E-state index in [0.717, 1.165) is 22.2 Å². The number of anilines is 1. The number of hydrogen-bond donors (Lipinski definition) is 1. The van der Waals surface area contributed by atoms with Gasteiger partial charge in [0.15, 0.2) is 10.3 Å². The monoisotopic (exact) mass is 344 g/mol. The third-order valence-electron chi connectivity index (χ3n) is 4.02. The molecule has 0 atom stereocenters. The van der Waals surface area contributed by atoms with Crippen LogP contribution in [0.4, 0.5) is 5.13 Å². The maximum Gasteiger partial charge on any atom is 0.259 e. The highest BCUT2D eigenvalue weighted by atomic mass is 32.1. The molecule has 1 aliphatic carbocycles. The molecule has 0 saturated heterocycles. The highest BCUT2D eigenvalue weighted by molar-refractivity contribution is 7.14. The largest absolute Gasteiger partial charge is 0.298 e. The van der Waals surface area contributed by atoms with Crippen molar-refractivity contribution in [3.05, 3.63) is 45.7 Å². The molecule has 3 aromatic rings. The molecule has 3 aromatic heterocycles. The van der Waals surface area contributed by atoms with Gasteiger partial charge in [-0.05, 0) is 32.8 Å². The Labute approximate surface area is 142 Å². The van der Waals surface area contributed by atoms with Crippen molar-refractivity contribution in [2.75, 3.05) is 5.32 Å². The van der Waals surface area contributed by atoms with Gasteiger partial charge in [-0.3, -0.25) is 14.7 Å². The number of aryl methyl sites for hydroxylation is 1. The summed E-state index contributed by atoms with van der Waals surface area (Å²) < 4.78 is 2.01. The maximum atomic E-state index is 12.6. The van der Waals surface area contributed by atoms with Crippen LogP contribution in [0.2, 0.25) is 0 Å². The average molecular weight is 344 g/mol. The molecule has 23 heavy (non-hydrogen) atoms. The number of thiazole rings is 2. The number of nitrogens with zero attached hydrogens (tertiary/aromatic N) is 3. The van der Waals surface area contributed by atoms with E-state index in [9.17, 15) is 4.79 Å². The summed E-state index contributed by atoms with van der Waals surface area (Å²) in [6.07, 6.45) is 4.20. The highest BCUT2D eigenvalue weighted by Gasteiger charge is 2.26. The molecule has 0 radical (unpaired) electrons. The van der Waals surface area contributed by atoms with E-state index in [1.165, 1.54) is 24.2 Å². The number of nitrogens with one attached hydrogen (secondary N) is 1. The molecule has 1 fully saturated rings. The molecule has 1 N–H and O–H groups in total. The predicted octanol–water partition coefficient (Wildman–Crippen LogP) is 4.14. The second-order valence-corrected chi connectivity index (χ2v) is 7.47. The molecule has 0 bridgehead atoms. The Kier molecular flexibility index (Phi) is 3.54. The van der Waals surface area contributed by atoms with E-state index < -0.39 is 0 Å². The Morgan fingerprint density at radius 2 is 2.17 bits per heavy atom. The van der Waals surface area contributed by atoms with Crippen molar-refractivity contribution >= 4 is 33.7 Å². The van der Waals surface area contributed by atoms with E-state index in [4.69, 9.17) is 0 Å². The number of aromatic nitrogens is 3. The average Bonchev–Trinajstić information content (AvgIpc) is 2.93. The van der Waals surface area contributed by atoms with Gasteiger partial charge in [-0.15, -0.1) is 22.7 Å². The molecule has 118 valence electrons. The van der Waals surface area contributed by atoms with E-state index in [2.05, 4.69) is 15.3 Å². The molecule has 1 amide bonds. The van der Waals surface area contributed by atoms with Gasteiger partial charge in [0.25, 0.3) is 5.91 Å². The van der Waals surface area contributed by atoms with Crippen LogP contribution in [0.15, 0.2) is 23.0 Å². The first kappa shape index (κ1) is 14.6. The summed E-state index contributed by atoms with van der Waals surface area (Å²) in [5, 5.41) is 8.46. The van der Waals surface area contributed by atoms with Crippen molar-refractivity contribution in [1.82, 2.24) is 14.5 Å². The van der Waals surface area contributed by atoms with Crippen molar-refractivity contribution < 1.29 is 4.79 Å². The van der Waals surface area contributed by atoms with Gasteiger partial charge in [0.05, 0.1) is 11.3 Å². The minimum Gasteiger partial charge on any atom is -0.298 e. The Bertz CT molecular complexity index is 859. The first-order valence-corrected chi connectivity index (χ1v) is 9.25. The molecule has 4 rings (SSSR count). The minimum atomic E-state index is -0.113. The van der Waals surface area contributed by atoms with Crippen LogP contribution in [0.25, 0.3) is 5.13 Å². The molecule has 0 unspecified atom stereocenters. The molecular weight excluding hydrogens is 328 g/mol. The standard InChI is InChI=1S/C16H16N4OS2/c1-9-7-12(10(2)20(9)16-17-5-6-22-16)14(21)19-15-18-13(8-23-15)11-3-4-11/h5-8,11H,3-4H2,1-2H3,(H,18,19,21). The Balaban J connectivity index is 1.59. The third-order valence-corrected chi connectivity index (χ3v) is 5.56. The van der Waals surface area contributed by atoms with Crippen LogP contribution in [-0.2, 0) is 0 Å². The SMILES string of the molecule is Cc1cc(C(=O)Nc2nc(C3CC3)cs2)c(C)n1-c1nccs1. The zero-order chi connectivity index (χ0) is 16.0. The molecule has 3 heterocycles. The lowest BCUT2D eigenvalue weighted by molar-refractivity contribution is 0.102. The van der Waals surface area contributed by atoms with E-state index in [0.29, 0.717) is 16.6 Å². The van der Waals surface area contributed by atoms with Gasteiger partial charge in [0.1, 0.15) is 0 Å². The minimum absolute atomic E-state index is 0.113. The molecule has 1 aliphatic rings. The fourth-order valence-electron chi connectivity index (χ4n) is 2.69. The van der Waals surface area contributed by atoms with Crippen LogP contribution in [0, 0.1) is 13.8 Å². The second kappa shape index (κ2) is 5.58. The number of carbonyl (C=O) groups excluding carboxylic acids is 1. The van der Waals surface area contributed by atoms with Crippen LogP contribution >= 0.6 is 22.7 Å². The molecule has 0 aliphatic heterocycles. The lowest BCUT2D eigenvalue weighted by atomic mass is 10.2. The summed E-state index contributed by atoms with van der Waals surface area (Å²) in [6.45, 7) is 3.93. The van der Waals surface area contributed by atoms with Gasteiger partial charge in [-0.2, -0.15) is 0 Å². The Hall–Kier alpha value is -1.99. The van der Waals surface area contributed by atoms with Crippen LogP contribution in [0.1, 0.15) is 46.2 Å². The summed E-state index contributed by atoms with van der Waals surface area (Å²) in [7, 11) is 0. The topological polar surface area (TPSA) is 59.8 Å². The van der Waals surface area contributed by atoms with Gasteiger partial charge in [0, 0.05) is 34.3 Å². The van der Waals surface area contributed by atoms with Gasteiger partial charge in [-0.1, -0.05) is 0 Å². The number of amides is 1. The summed E-state index contributed by atoms with van der Waals surface area (Å²) in [5.74, 6) is 0.490. The van der Waals surface area contributed by atoms with Crippen molar-refractivity contribution in [2.24, 2.45) is 0 Å². The van der Waals surface area contributed by atoms with Crippen LogP contribution in [0.3, 0.4) is 0 Å². The van der Waals surface area contributed by atoms with Crippen molar-refractivity contribution in [1.29, 1.82) is 0 Å². The van der Waals surface area contributed by atoms with E-state index >= 15 is 0 Å².